The van der Waals surface area contributed by atoms with Gasteiger partial charge >= 0.3 is 53.7 Å². The first-order valence-electron chi connectivity index (χ1n) is 11.9. The number of Topliss-reactive ketones (excluding diaryl/α,β-unsaturated/α-hetero) is 1. The summed E-state index contributed by atoms with van der Waals surface area (Å²) < 4.78 is 144. The van der Waals surface area contributed by atoms with Crippen molar-refractivity contribution >= 4 is 86.1 Å². The summed E-state index contributed by atoms with van der Waals surface area (Å²) >= 11 is 3.16. The number of aromatic carboxylic acids is 1. The van der Waals surface area contributed by atoms with Crippen LogP contribution >= 0.6 is 45.3 Å². The van der Waals surface area contributed by atoms with Crippen molar-refractivity contribution in [2.75, 3.05) is 14.2 Å². The normalized spacial score (nSPS) is 11.0. The molecule has 4 heterocycles. The average Bonchev–Trinajstić information content (AvgIpc) is 3.76. The molecule has 0 bridgehead atoms. The van der Waals surface area contributed by atoms with E-state index in [-0.39, 0.29) is 57.2 Å². The molecule has 0 fully saturated rings. The third kappa shape index (κ3) is 17.0. The second kappa shape index (κ2) is 22.1. The summed E-state index contributed by atoms with van der Waals surface area (Å²) in [4.78, 5) is 35.6. The molecule has 0 atom stereocenters. The molecule has 4 aromatic heterocycles. The van der Waals surface area contributed by atoms with Crippen LogP contribution in [0.5, 0.6) is 0 Å². The standard InChI is InChI=1S/C8H8F3NO2S.C7H5F3OS.C6H3F3O2S.C5H3F3S.CH3.BrH.Mg/c1-12(14-2)7(13)6-5(3-4-15-6)8(9,10)11;1-4(11)6-5(2-3-12-6)7(8,9)10;7-6(8,9)3-1-2-12-4(3)5(10)11;6-5(7,8)4-1-2-9-3-4;;;/h3-4H,1-2H3;2-3H,1H3;1-2H,(H,10,11);1-3H;1H3;1H;/q;;;;-1;;+2/p-1. The molecule has 282 valence electrons. The summed E-state index contributed by atoms with van der Waals surface area (Å²) in [7, 11) is 2.46. The van der Waals surface area contributed by atoms with E-state index in [4.69, 9.17) is 5.11 Å². The minimum Gasteiger partial charge on any atom is -1.00 e. The van der Waals surface area contributed by atoms with Crippen LogP contribution in [-0.4, -0.2) is 65.0 Å². The van der Waals surface area contributed by atoms with Gasteiger partial charge < -0.3 is 29.5 Å². The van der Waals surface area contributed by atoms with Crippen molar-refractivity contribution < 1.29 is 94.0 Å². The van der Waals surface area contributed by atoms with Gasteiger partial charge in [0, 0.05) is 12.4 Å². The number of ketones is 1. The van der Waals surface area contributed by atoms with E-state index in [1.54, 1.807) is 0 Å². The molecule has 0 aromatic carbocycles. The van der Waals surface area contributed by atoms with Crippen LogP contribution in [-0.2, 0) is 29.5 Å². The number of halogens is 13. The molecule has 1 amide bonds. The van der Waals surface area contributed by atoms with Gasteiger partial charge in [0.15, 0.2) is 5.78 Å². The molecule has 24 heteroatoms. The first-order chi connectivity index (χ1) is 21.8. The summed E-state index contributed by atoms with van der Waals surface area (Å²) in [5.74, 6) is -2.89. The van der Waals surface area contributed by atoms with E-state index < -0.39 is 69.5 Å². The van der Waals surface area contributed by atoms with Crippen LogP contribution in [0, 0.1) is 7.43 Å². The van der Waals surface area contributed by atoms with Crippen molar-refractivity contribution in [3.8, 4) is 0 Å². The van der Waals surface area contributed by atoms with Gasteiger partial charge in [0.25, 0.3) is 5.91 Å². The van der Waals surface area contributed by atoms with Crippen LogP contribution < -0.4 is 17.0 Å². The number of hydroxylamine groups is 2. The number of nitrogens with zero attached hydrogens (tertiary/aromatic N) is 1. The molecule has 1 N–H and O–H groups in total. The summed E-state index contributed by atoms with van der Waals surface area (Å²) in [6.07, 6.45) is -17.7. The molecule has 51 heavy (non-hydrogen) atoms. The van der Waals surface area contributed by atoms with Crippen molar-refractivity contribution in [1.29, 1.82) is 0 Å². The van der Waals surface area contributed by atoms with Crippen LogP contribution in [0.1, 0.15) is 58.2 Å². The van der Waals surface area contributed by atoms with E-state index in [1.165, 1.54) is 30.3 Å². The third-order valence-electron chi connectivity index (χ3n) is 5.03. The molecule has 0 saturated heterocycles. The number of alkyl halides is 12. The predicted octanol–water partition coefficient (Wildman–Crippen LogP) is 7.68. The van der Waals surface area contributed by atoms with Gasteiger partial charge in [0.2, 0.25) is 0 Å². The average molecular weight is 901 g/mol. The number of rotatable bonds is 4. The van der Waals surface area contributed by atoms with E-state index in [0.29, 0.717) is 11.3 Å². The number of hydrogen-bond acceptors (Lipinski definition) is 8. The molecule has 0 aliphatic heterocycles. The number of carboxylic acid groups (broad SMARTS) is 1. The molecule has 0 aliphatic rings. The van der Waals surface area contributed by atoms with Gasteiger partial charge in [-0.25, -0.2) is 9.86 Å². The Labute approximate surface area is 324 Å². The Morgan fingerprint density at radius 2 is 1.04 bits per heavy atom. The maximum absolute atomic E-state index is 12.4. The molecule has 0 spiro atoms. The summed E-state index contributed by atoms with van der Waals surface area (Å²) in [5.41, 5.74) is -3.41. The Hall–Kier alpha value is -2.22. The maximum Gasteiger partial charge on any atom is 2.00 e. The molecule has 0 radical (unpaired) electrons. The van der Waals surface area contributed by atoms with E-state index in [0.717, 1.165) is 81.0 Å². The number of amides is 1. The van der Waals surface area contributed by atoms with Gasteiger partial charge in [0.1, 0.15) is 9.75 Å². The van der Waals surface area contributed by atoms with E-state index in [2.05, 4.69) is 4.84 Å². The predicted molar refractivity (Wildman–Crippen MR) is 166 cm³/mol. The van der Waals surface area contributed by atoms with Gasteiger partial charge in [0.05, 0.1) is 34.2 Å². The zero-order valence-electron chi connectivity index (χ0n) is 26.0. The molecule has 0 aliphatic carbocycles. The summed E-state index contributed by atoms with van der Waals surface area (Å²) in [6.45, 7) is 1.13. The quantitative estimate of drug-likeness (QED) is 0.0748. The summed E-state index contributed by atoms with van der Waals surface area (Å²) in [6, 6.07) is 3.61. The topological polar surface area (TPSA) is 83.9 Å². The van der Waals surface area contributed by atoms with Crippen molar-refractivity contribution in [3.05, 3.63) is 95.5 Å². The van der Waals surface area contributed by atoms with Crippen LogP contribution in [0.15, 0.2) is 51.2 Å². The van der Waals surface area contributed by atoms with Gasteiger partial charge in [-0.2, -0.15) is 64.0 Å². The van der Waals surface area contributed by atoms with E-state index in [1.807, 2.05) is 0 Å². The minimum absolute atomic E-state index is 0. The molecule has 4 rings (SSSR count). The molecule has 6 nitrogen and oxygen atoms in total. The molecular weight excluding hydrogens is 879 g/mol. The Morgan fingerprint density at radius 3 is 1.29 bits per heavy atom. The van der Waals surface area contributed by atoms with Crippen LogP contribution in [0.25, 0.3) is 0 Å². The second-order valence-electron chi connectivity index (χ2n) is 8.34. The van der Waals surface area contributed by atoms with Crippen molar-refractivity contribution in [2.45, 2.75) is 31.6 Å². The Bertz CT molecular complexity index is 1570. The van der Waals surface area contributed by atoms with Gasteiger partial charge in [-0.3, -0.25) is 14.4 Å². The monoisotopic (exact) mass is 899 g/mol. The molecule has 0 saturated carbocycles. The smallest absolute Gasteiger partial charge is 1.00 e. The number of hydrogen-bond donors (Lipinski definition) is 1. The zero-order chi connectivity index (χ0) is 37.3. The fourth-order valence-electron chi connectivity index (χ4n) is 2.85. The maximum atomic E-state index is 12.4. The fourth-order valence-corrected chi connectivity index (χ4v) is 5.96. The first kappa shape index (κ1) is 53.1. The largest absolute Gasteiger partial charge is 2.00 e. The van der Waals surface area contributed by atoms with Crippen molar-refractivity contribution in [3.63, 3.8) is 0 Å². The van der Waals surface area contributed by atoms with E-state index >= 15 is 0 Å². The molecular formula is C27H22BrF12MgNO5S4. The number of carbonyl (C=O) groups is 3. The van der Waals surface area contributed by atoms with E-state index in [9.17, 15) is 67.1 Å². The van der Waals surface area contributed by atoms with Crippen LogP contribution in [0.4, 0.5) is 52.7 Å². The molecule has 0 unspecified atom stereocenters. The molecule has 4 aromatic rings. The number of carboxylic acids is 1. The Morgan fingerprint density at radius 1 is 0.667 bits per heavy atom. The Balaban J connectivity index is -0.000000598. The second-order valence-corrected chi connectivity index (χ2v) is 11.9. The van der Waals surface area contributed by atoms with Gasteiger partial charge in [-0.15, -0.1) is 34.0 Å². The van der Waals surface area contributed by atoms with Gasteiger partial charge in [-0.05, 0) is 52.7 Å². The van der Waals surface area contributed by atoms with Crippen molar-refractivity contribution in [1.82, 2.24) is 5.06 Å². The van der Waals surface area contributed by atoms with Gasteiger partial charge in [-0.1, -0.05) is 0 Å². The van der Waals surface area contributed by atoms with Crippen LogP contribution in [0.3, 0.4) is 0 Å². The fraction of sp³-hybridized carbons (Fsp3) is 0.259. The van der Waals surface area contributed by atoms with Crippen molar-refractivity contribution in [2.24, 2.45) is 0 Å². The van der Waals surface area contributed by atoms with Crippen LogP contribution in [0.2, 0.25) is 0 Å². The first-order valence-corrected chi connectivity index (χ1v) is 15.5. The summed E-state index contributed by atoms with van der Waals surface area (Å²) in [5, 5.41) is 15.2. The third-order valence-corrected chi connectivity index (χ3v) is 8.53. The minimum atomic E-state index is -4.58. The Kier molecular flexibility index (Phi) is 23.0. The SMILES string of the molecule is CC(=O)c1sccc1C(F)(F)F.CON(C)C(=O)c1sccc1C(F)(F)F.FC(F)(F)c1ccsc1.O=C(O)c1sccc1C(F)(F)F.[Br-].[CH3-].[Mg+2]. The zero-order valence-corrected chi connectivity index (χ0v) is 32.2. The number of thiophene rings is 4. The number of carbonyl (C=O) groups excluding carboxylic acids is 2.